The largest absolute Gasteiger partial charge is 0.480 e. The van der Waals surface area contributed by atoms with Crippen LogP contribution in [0.25, 0.3) is 0 Å². The highest BCUT2D eigenvalue weighted by Crippen LogP contribution is 2.13. The van der Waals surface area contributed by atoms with E-state index in [4.69, 9.17) is 4.74 Å². The molecule has 0 bridgehead atoms. The van der Waals surface area contributed by atoms with E-state index in [2.05, 4.69) is 17.3 Å². The third-order valence-corrected chi connectivity index (χ3v) is 3.85. The van der Waals surface area contributed by atoms with E-state index in [1.54, 1.807) is 24.0 Å². The summed E-state index contributed by atoms with van der Waals surface area (Å²) in [6.45, 7) is 3.83. The van der Waals surface area contributed by atoms with Gasteiger partial charge in [-0.05, 0) is 24.5 Å². The highest BCUT2D eigenvalue weighted by atomic mass is 16.5. The van der Waals surface area contributed by atoms with Crippen LogP contribution >= 0.6 is 0 Å². The molecule has 0 fully saturated rings. The number of carbonyl (C=O) groups excluding carboxylic acids is 1. The molecule has 0 aliphatic carbocycles. The van der Waals surface area contributed by atoms with Gasteiger partial charge in [-0.15, -0.1) is 0 Å². The van der Waals surface area contributed by atoms with Crippen molar-refractivity contribution in [3.63, 3.8) is 0 Å². The maximum Gasteiger partial charge on any atom is 0.408 e. The molecule has 2 N–H and O–H groups in total. The standard InChI is InChI=1S/C18H23N3O4/c1-3-7-15-10-19-21(11-15)13(2)16(17(22)23)20-18(24)25-12-14-8-5-4-6-9-14/h4-6,8-11,13,16H,3,7,12H2,1-2H3,(H,20,24)(H,22,23). The van der Waals surface area contributed by atoms with Gasteiger partial charge in [0, 0.05) is 6.20 Å². The first-order chi connectivity index (χ1) is 12.0. The first-order valence-corrected chi connectivity index (χ1v) is 8.24. The second-order valence-corrected chi connectivity index (χ2v) is 5.84. The van der Waals surface area contributed by atoms with Crippen molar-refractivity contribution in [1.29, 1.82) is 0 Å². The molecule has 0 saturated carbocycles. The molecule has 1 aromatic heterocycles. The van der Waals surface area contributed by atoms with Crippen LogP contribution in [0.3, 0.4) is 0 Å². The Labute approximate surface area is 146 Å². The SMILES string of the molecule is CCCc1cnn(C(C)C(NC(=O)OCc2ccccc2)C(=O)O)c1. The molecular formula is C18H23N3O4. The van der Waals surface area contributed by atoms with Crippen LogP contribution in [0.4, 0.5) is 4.79 Å². The van der Waals surface area contributed by atoms with Crippen molar-refractivity contribution in [3.8, 4) is 0 Å². The van der Waals surface area contributed by atoms with Crippen molar-refractivity contribution in [2.45, 2.75) is 45.4 Å². The van der Waals surface area contributed by atoms with Gasteiger partial charge >= 0.3 is 12.1 Å². The zero-order valence-electron chi connectivity index (χ0n) is 14.4. The number of carboxylic acids is 1. The number of alkyl carbamates (subject to hydrolysis) is 1. The summed E-state index contributed by atoms with van der Waals surface area (Å²) in [7, 11) is 0. The number of aromatic nitrogens is 2. The molecule has 7 heteroatoms. The zero-order chi connectivity index (χ0) is 18.2. The van der Waals surface area contributed by atoms with E-state index < -0.39 is 24.1 Å². The molecule has 2 rings (SSSR count). The lowest BCUT2D eigenvalue weighted by atomic mass is 10.1. The quantitative estimate of drug-likeness (QED) is 0.767. The van der Waals surface area contributed by atoms with Crippen molar-refractivity contribution in [2.75, 3.05) is 0 Å². The van der Waals surface area contributed by atoms with Gasteiger partial charge < -0.3 is 15.2 Å². The van der Waals surface area contributed by atoms with E-state index >= 15 is 0 Å². The van der Waals surface area contributed by atoms with Crippen LogP contribution in [-0.2, 0) is 22.6 Å². The summed E-state index contributed by atoms with van der Waals surface area (Å²) in [4.78, 5) is 23.5. The summed E-state index contributed by atoms with van der Waals surface area (Å²) >= 11 is 0. The summed E-state index contributed by atoms with van der Waals surface area (Å²) in [6, 6.07) is 7.50. The molecule has 1 aromatic carbocycles. The number of amides is 1. The van der Waals surface area contributed by atoms with Gasteiger partial charge in [0.1, 0.15) is 6.61 Å². The lowest BCUT2D eigenvalue weighted by molar-refractivity contribution is -0.140. The molecule has 2 atom stereocenters. The smallest absolute Gasteiger partial charge is 0.408 e. The number of aliphatic carboxylic acids is 1. The van der Waals surface area contributed by atoms with Crippen molar-refractivity contribution < 1.29 is 19.4 Å². The summed E-state index contributed by atoms with van der Waals surface area (Å²) in [5.41, 5.74) is 1.86. The van der Waals surface area contributed by atoms with E-state index in [9.17, 15) is 14.7 Å². The minimum atomic E-state index is -1.14. The topological polar surface area (TPSA) is 93.5 Å². The average molecular weight is 345 g/mol. The molecule has 1 heterocycles. The molecule has 2 aromatic rings. The van der Waals surface area contributed by atoms with Crippen molar-refractivity contribution in [2.24, 2.45) is 0 Å². The Morgan fingerprint density at radius 3 is 2.64 bits per heavy atom. The third-order valence-electron chi connectivity index (χ3n) is 3.85. The van der Waals surface area contributed by atoms with Gasteiger partial charge in [-0.25, -0.2) is 9.59 Å². The van der Waals surface area contributed by atoms with Crippen molar-refractivity contribution in [3.05, 3.63) is 53.9 Å². The number of hydrogen-bond donors (Lipinski definition) is 2. The zero-order valence-corrected chi connectivity index (χ0v) is 14.4. The number of benzene rings is 1. The van der Waals surface area contributed by atoms with E-state index in [0.29, 0.717) is 0 Å². The minimum absolute atomic E-state index is 0.0792. The van der Waals surface area contributed by atoms with Gasteiger partial charge in [0.05, 0.1) is 12.2 Å². The van der Waals surface area contributed by atoms with Gasteiger partial charge in [-0.3, -0.25) is 4.68 Å². The van der Waals surface area contributed by atoms with Gasteiger partial charge in [0.2, 0.25) is 0 Å². The second-order valence-electron chi connectivity index (χ2n) is 5.84. The summed E-state index contributed by atoms with van der Waals surface area (Å²) < 4.78 is 6.65. The van der Waals surface area contributed by atoms with Crippen LogP contribution in [0, 0.1) is 0 Å². The highest BCUT2D eigenvalue weighted by molar-refractivity contribution is 5.80. The Morgan fingerprint density at radius 2 is 2.00 bits per heavy atom. The van der Waals surface area contributed by atoms with Crippen LogP contribution in [0.2, 0.25) is 0 Å². The van der Waals surface area contributed by atoms with Crippen LogP contribution in [0.5, 0.6) is 0 Å². The van der Waals surface area contributed by atoms with Gasteiger partial charge in [0.15, 0.2) is 6.04 Å². The first kappa shape index (κ1) is 18.5. The molecule has 0 aliphatic rings. The average Bonchev–Trinajstić information content (AvgIpc) is 3.07. The predicted octanol–water partition coefficient (Wildman–Crippen LogP) is 2.78. The molecule has 1 amide bonds. The summed E-state index contributed by atoms with van der Waals surface area (Å²) in [5, 5.41) is 16.0. The van der Waals surface area contributed by atoms with E-state index in [0.717, 1.165) is 24.0 Å². The van der Waals surface area contributed by atoms with E-state index in [1.165, 1.54) is 0 Å². The fourth-order valence-corrected chi connectivity index (χ4v) is 2.45. The number of aryl methyl sites for hydroxylation is 1. The number of rotatable bonds is 8. The van der Waals surface area contributed by atoms with Crippen LogP contribution < -0.4 is 5.32 Å². The Bertz CT molecular complexity index is 699. The van der Waals surface area contributed by atoms with Crippen LogP contribution in [0.15, 0.2) is 42.7 Å². The number of nitrogens with zero attached hydrogens (tertiary/aromatic N) is 2. The minimum Gasteiger partial charge on any atom is -0.480 e. The Hall–Kier alpha value is -2.83. The Kier molecular flexibility index (Phi) is 6.56. The fraction of sp³-hybridized carbons (Fsp3) is 0.389. The summed E-state index contributed by atoms with van der Waals surface area (Å²) in [6.07, 6.45) is 4.60. The molecule has 25 heavy (non-hydrogen) atoms. The highest BCUT2D eigenvalue weighted by Gasteiger charge is 2.29. The second kappa shape index (κ2) is 8.86. The number of carboxylic acid groups (broad SMARTS) is 1. The normalized spacial score (nSPS) is 13.0. The Morgan fingerprint density at radius 1 is 1.28 bits per heavy atom. The van der Waals surface area contributed by atoms with Gasteiger partial charge in [-0.1, -0.05) is 43.7 Å². The fourth-order valence-electron chi connectivity index (χ4n) is 2.45. The number of hydrogen-bond acceptors (Lipinski definition) is 4. The lowest BCUT2D eigenvalue weighted by Crippen LogP contribution is -2.46. The lowest BCUT2D eigenvalue weighted by Gasteiger charge is -2.21. The first-order valence-electron chi connectivity index (χ1n) is 8.24. The third kappa shape index (κ3) is 5.34. The van der Waals surface area contributed by atoms with Crippen LogP contribution in [0.1, 0.15) is 37.4 Å². The number of carbonyl (C=O) groups is 2. The van der Waals surface area contributed by atoms with Crippen LogP contribution in [-0.4, -0.2) is 33.0 Å². The monoisotopic (exact) mass is 345 g/mol. The maximum atomic E-state index is 11.9. The van der Waals surface area contributed by atoms with E-state index in [-0.39, 0.29) is 6.61 Å². The maximum absolute atomic E-state index is 11.9. The molecule has 0 saturated heterocycles. The summed E-state index contributed by atoms with van der Waals surface area (Å²) in [5.74, 6) is -1.14. The Balaban J connectivity index is 1.96. The molecule has 0 aliphatic heterocycles. The molecule has 0 spiro atoms. The van der Waals surface area contributed by atoms with Gasteiger partial charge in [-0.2, -0.15) is 5.10 Å². The number of ether oxygens (including phenoxy) is 1. The molecule has 7 nitrogen and oxygen atoms in total. The molecule has 2 unspecified atom stereocenters. The van der Waals surface area contributed by atoms with Crippen molar-refractivity contribution >= 4 is 12.1 Å². The van der Waals surface area contributed by atoms with E-state index in [1.807, 2.05) is 30.3 Å². The molecule has 0 radical (unpaired) electrons. The molecular weight excluding hydrogens is 322 g/mol. The predicted molar refractivity (Wildman–Crippen MR) is 92.1 cm³/mol. The van der Waals surface area contributed by atoms with Crippen molar-refractivity contribution in [1.82, 2.24) is 15.1 Å². The van der Waals surface area contributed by atoms with Gasteiger partial charge in [0.25, 0.3) is 0 Å². The molecule has 134 valence electrons. The number of nitrogens with one attached hydrogen (secondary N) is 1.